The number of hydrogen-bond acceptors (Lipinski definition) is 4. The molecule has 2 aromatic rings. The minimum Gasteiger partial charge on any atom is -0.496 e. The van der Waals surface area contributed by atoms with E-state index >= 15 is 0 Å². The number of benzene rings is 1. The molecule has 0 atom stereocenters. The van der Waals surface area contributed by atoms with Crippen LogP contribution in [0.1, 0.15) is 5.69 Å². The minimum atomic E-state index is 0.551. The Morgan fingerprint density at radius 1 is 1.15 bits per heavy atom. The third-order valence-electron chi connectivity index (χ3n) is 2.56. The molecule has 2 rings (SSSR count). The van der Waals surface area contributed by atoms with E-state index in [2.05, 4.69) is 42.2 Å². The van der Waals surface area contributed by atoms with E-state index in [1.54, 1.807) is 7.11 Å². The Morgan fingerprint density at radius 2 is 1.85 bits per heavy atom. The first-order chi connectivity index (χ1) is 9.63. The number of aromatic nitrogens is 1. The van der Waals surface area contributed by atoms with Crippen molar-refractivity contribution >= 4 is 31.9 Å². The van der Waals surface area contributed by atoms with E-state index in [9.17, 15) is 0 Å². The first-order valence-corrected chi connectivity index (χ1v) is 7.54. The maximum absolute atomic E-state index is 5.81. The van der Waals surface area contributed by atoms with Gasteiger partial charge in [0.25, 0.3) is 0 Å². The van der Waals surface area contributed by atoms with Crippen LogP contribution in [-0.2, 0) is 6.54 Å². The number of pyridine rings is 1. The van der Waals surface area contributed by atoms with Crippen molar-refractivity contribution in [2.24, 2.45) is 0 Å². The van der Waals surface area contributed by atoms with Gasteiger partial charge in [-0.15, -0.1) is 0 Å². The van der Waals surface area contributed by atoms with Gasteiger partial charge < -0.3 is 14.8 Å². The van der Waals surface area contributed by atoms with Crippen molar-refractivity contribution in [3.63, 3.8) is 0 Å². The van der Waals surface area contributed by atoms with E-state index in [1.165, 1.54) is 0 Å². The summed E-state index contributed by atoms with van der Waals surface area (Å²) in [6, 6.07) is 9.37. The van der Waals surface area contributed by atoms with Gasteiger partial charge in [-0.3, -0.25) is 0 Å². The molecule has 0 amide bonds. The van der Waals surface area contributed by atoms with Crippen LogP contribution in [0.2, 0.25) is 0 Å². The number of methoxy groups -OCH3 is 1. The van der Waals surface area contributed by atoms with Gasteiger partial charge in [0, 0.05) is 12.6 Å². The molecule has 0 aliphatic rings. The van der Waals surface area contributed by atoms with Crippen molar-refractivity contribution in [1.29, 1.82) is 0 Å². The van der Waals surface area contributed by atoms with Crippen LogP contribution in [0.4, 0.5) is 0 Å². The summed E-state index contributed by atoms with van der Waals surface area (Å²) < 4.78 is 12.7. The molecule has 4 nitrogen and oxygen atoms in total. The molecular formula is C14H14Br2N2O2. The fourth-order valence-electron chi connectivity index (χ4n) is 1.65. The molecule has 0 unspecified atom stereocenters. The zero-order valence-electron chi connectivity index (χ0n) is 11.1. The maximum atomic E-state index is 5.81. The van der Waals surface area contributed by atoms with Crippen molar-refractivity contribution in [2.75, 3.05) is 14.2 Å². The number of nitrogens with zero attached hydrogens (tertiary/aromatic N) is 1. The summed E-state index contributed by atoms with van der Waals surface area (Å²) in [5, 5.41) is 3.06. The Balaban J connectivity index is 2.25. The smallest absolute Gasteiger partial charge is 0.219 e. The fraction of sp³-hybridized carbons (Fsp3) is 0.214. The fourth-order valence-corrected chi connectivity index (χ4v) is 2.54. The van der Waals surface area contributed by atoms with Crippen molar-refractivity contribution in [1.82, 2.24) is 10.3 Å². The van der Waals surface area contributed by atoms with Crippen LogP contribution in [0.5, 0.6) is 17.4 Å². The molecule has 0 saturated carbocycles. The van der Waals surface area contributed by atoms with Crippen LogP contribution in [0, 0.1) is 0 Å². The van der Waals surface area contributed by atoms with E-state index in [1.807, 2.05) is 37.4 Å². The van der Waals surface area contributed by atoms with Crippen molar-refractivity contribution in [3.8, 4) is 17.4 Å². The van der Waals surface area contributed by atoms with Gasteiger partial charge in [0.1, 0.15) is 11.5 Å². The lowest BCUT2D eigenvalue weighted by molar-refractivity contribution is 0.408. The van der Waals surface area contributed by atoms with Gasteiger partial charge in [-0.1, -0.05) is 6.07 Å². The summed E-state index contributed by atoms with van der Waals surface area (Å²) in [5.41, 5.74) is 0.925. The average Bonchev–Trinajstić information content (AvgIpc) is 2.43. The second-order valence-corrected chi connectivity index (χ2v) is 5.73. The summed E-state index contributed by atoms with van der Waals surface area (Å²) >= 11 is 6.90. The standard InChI is InChI=1S/C14H14Br2N2O2/c1-17-8-9-4-3-5-14(18-9)20-13-7-10(15)12(19-2)6-11(13)16/h3-7,17H,8H2,1-2H3. The van der Waals surface area contributed by atoms with Gasteiger partial charge >= 0.3 is 0 Å². The molecule has 0 saturated heterocycles. The van der Waals surface area contributed by atoms with Crippen LogP contribution in [0.25, 0.3) is 0 Å². The Bertz CT molecular complexity index is 606. The van der Waals surface area contributed by atoms with Crippen molar-refractivity contribution < 1.29 is 9.47 Å². The molecule has 1 N–H and O–H groups in total. The van der Waals surface area contributed by atoms with E-state index in [4.69, 9.17) is 9.47 Å². The van der Waals surface area contributed by atoms with Crippen LogP contribution in [0.15, 0.2) is 39.3 Å². The molecule has 1 heterocycles. The quantitative estimate of drug-likeness (QED) is 0.817. The summed E-state index contributed by atoms with van der Waals surface area (Å²) in [5.74, 6) is 1.96. The Labute approximate surface area is 134 Å². The highest BCUT2D eigenvalue weighted by molar-refractivity contribution is 9.11. The Morgan fingerprint density at radius 3 is 2.55 bits per heavy atom. The average molecular weight is 402 g/mol. The Hall–Kier alpha value is -1.11. The molecule has 1 aromatic carbocycles. The van der Waals surface area contributed by atoms with E-state index in [-0.39, 0.29) is 0 Å². The summed E-state index contributed by atoms with van der Waals surface area (Å²) in [6.45, 7) is 0.699. The highest BCUT2D eigenvalue weighted by Crippen LogP contribution is 2.37. The lowest BCUT2D eigenvalue weighted by Crippen LogP contribution is -2.06. The minimum absolute atomic E-state index is 0.551. The van der Waals surface area contributed by atoms with E-state index in [0.29, 0.717) is 18.2 Å². The number of ether oxygens (including phenoxy) is 2. The normalized spacial score (nSPS) is 10.4. The van der Waals surface area contributed by atoms with Gasteiger partial charge in [0.2, 0.25) is 5.88 Å². The largest absolute Gasteiger partial charge is 0.496 e. The highest BCUT2D eigenvalue weighted by Gasteiger charge is 2.10. The van der Waals surface area contributed by atoms with E-state index in [0.717, 1.165) is 20.4 Å². The van der Waals surface area contributed by atoms with Gasteiger partial charge in [0.15, 0.2) is 0 Å². The monoisotopic (exact) mass is 400 g/mol. The van der Waals surface area contributed by atoms with Crippen molar-refractivity contribution in [3.05, 3.63) is 45.0 Å². The topological polar surface area (TPSA) is 43.4 Å². The predicted molar refractivity (Wildman–Crippen MR) is 85.5 cm³/mol. The zero-order chi connectivity index (χ0) is 14.5. The van der Waals surface area contributed by atoms with Crippen molar-refractivity contribution in [2.45, 2.75) is 6.54 Å². The molecule has 0 aliphatic heterocycles. The molecule has 0 fully saturated rings. The predicted octanol–water partition coefficient (Wildman–Crippen LogP) is 4.13. The summed E-state index contributed by atoms with van der Waals surface area (Å²) in [4.78, 5) is 4.42. The lowest BCUT2D eigenvalue weighted by atomic mass is 10.3. The highest BCUT2D eigenvalue weighted by atomic mass is 79.9. The summed E-state index contributed by atoms with van der Waals surface area (Å²) in [6.07, 6.45) is 0. The molecule has 0 aliphatic carbocycles. The van der Waals surface area contributed by atoms with Crippen LogP contribution in [0.3, 0.4) is 0 Å². The number of halogens is 2. The second-order valence-electron chi connectivity index (χ2n) is 4.02. The first-order valence-electron chi connectivity index (χ1n) is 5.95. The second kappa shape index (κ2) is 7.06. The van der Waals surface area contributed by atoms with Gasteiger partial charge in [-0.05, 0) is 57.1 Å². The zero-order valence-corrected chi connectivity index (χ0v) is 14.3. The molecule has 106 valence electrons. The molecule has 0 spiro atoms. The third kappa shape index (κ3) is 3.71. The molecule has 6 heteroatoms. The van der Waals surface area contributed by atoms with Gasteiger partial charge in [0.05, 0.1) is 21.7 Å². The molecule has 0 radical (unpaired) electrons. The Kier molecular flexibility index (Phi) is 5.39. The summed E-state index contributed by atoms with van der Waals surface area (Å²) in [7, 11) is 3.50. The van der Waals surface area contributed by atoms with Gasteiger partial charge in [-0.25, -0.2) is 4.98 Å². The maximum Gasteiger partial charge on any atom is 0.219 e. The lowest BCUT2D eigenvalue weighted by Gasteiger charge is -2.11. The molecule has 1 aromatic heterocycles. The van der Waals surface area contributed by atoms with Crippen LogP contribution >= 0.6 is 31.9 Å². The van der Waals surface area contributed by atoms with Gasteiger partial charge in [-0.2, -0.15) is 0 Å². The molecule has 20 heavy (non-hydrogen) atoms. The molecule has 0 bridgehead atoms. The first kappa shape index (κ1) is 15.3. The third-order valence-corrected chi connectivity index (χ3v) is 3.80. The van der Waals surface area contributed by atoms with Crippen LogP contribution in [-0.4, -0.2) is 19.1 Å². The number of rotatable bonds is 5. The number of hydrogen-bond donors (Lipinski definition) is 1. The number of nitrogens with one attached hydrogen (secondary N) is 1. The molecular weight excluding hydrogens is 388 g/mol. The SMILES string of the molecule is CNCc1cccc(Oc2cc(Br)c(OC)cc2Br)n1. The van der Waals surface area contributed by atoms with Crippen LogP contribution < -0.4 is 14.8 Å². The van der Waals surface area contributed by atoms with E-state index < -0.39 is 0 Å².